The van der Waals surface area contributed by atoms with E-state index in [0.29, 0.717) is 17.8 Å². The molecule has 2 aromatic heterocycles. The number of hydrogen-bond donors (Lipinski definition) is 0. The lowest BCUT2D eigenvalue weighted by molar-refractivity contribution is 0.0466. The number of benzene rings is 1. The lowest BCUT2D eigenvalue weighted by Gasteiger charge is -2.06. The Bertz CT molecular complexity index is 853. The van der Waals surface area contributed by atoms with Gasteiger partial charge >= 0.3 is 5.97 Å². The van der Waals surface area contributed by atoms with Crippen molar-refractivity contribution in [2.75, 3.05) is 0 Å². The fraction of sp³-hybridized carbons (Fsp3) is 0.278. The molecule has 1 aromatic carbocycles. The van der Waals surface area contributed by atoms with Gasteiger partial charge in [0.15, 0.2) is 0 Å². The standard InChI is InChI=1S/C18H19N3O2S/c1-12-17(18(22)23-10-16-11-24-14(3)19-16)13(2)21(20-12)9-15-7-5-4-6-8-15/h4-8,11H,9-10H2,1-3H3. The number of aryl methyl sites for hydroxylation is 2. The van der Waals surface area contributed by atoms with Crippen LogP contribution in [0.4, 0.5) is 0 Å². The normalized spacial score (nSPS) is 10.8. The van der Waals surface area contributed by atoms with Gasteiger partial charge in [0.05, 0.1) is 28.6 Å². The zero-order chi connectivity index (χ0) is 17.1. The van der Waals surface area contributed by atoms with Crippen molar-refractivity contribution in [3.8, 4) is 0 Å². The van der Waals surface area contributed by atoms with Gasteiger partial charge in [-0.05, 0) is 26.3 Å². The summed E-state index contributed by atoms with van der Waals surface area (Å²) in [6.45, 7) is 6.47. The minimum Gasteiger partial charge on any atom is -0.455 e. The Hall–Kier alpha value is -2.47. The third-order valence-corrected chi connectivity index (χ3v) is 4.60. The maximum absolute atomic E-state index is 12.4. The molecule has 0 N–H and O–H groups in total. The monoisotopic (exact) mass is 341 g/mol. The van der Waals surface area contributed by atoms with Crippen LogP contribution in [0.5, 0.6) is 0 Å². The summed E-state index contributed by atoms with van der Waals surface area (Å²) in [4.78, 5) is 16.7. The van der Waals surface area contributed by atoms with Gasteiger partial charge in [-0.15, -0.1) is 11.3 Å². The highest BCUT2D eigenvalue weighted by Crippen LogP contribution is 2.17. The molecule has 2 heterocycles. The van der Waals surface area contributed by atoms with Crippen LogP contribution in [0.2, 0.25) is 0 Å². The van der Waals surface area contributed by atoms with E-state index in [-0.39, 0.29) is 12.6 Å². The maximum Gasteiger partial charge on any atom is 0.342 e. The first-order valence-corrected chi connectivity index (χ1v) is 8.58. The summed E-state index contributed by atoms with van der Waals surface area (Å²) in [5, 5.41) is 7.35. The molecule has 5 nitrogen and oxygen atoms in total. The molecule has 3 aromatic rings. The van der Waals surface area contributed by atoms with Crippen LogP contribution in [0.15, 0.2) is 35.7 Å². The van der Waals surface area contributed by atoms with Crippen molar-refractivity contribution in [2.24, 2.45) is 0 Å². The molecule has 0 aliphatic carbocycles. The molecule has 0 aliphatic rings. The Morgan fingerprint density at radius 3 is 2.62 bits per heavy atom. The van der Waals surface area contributed by atoms with E-state index >= 15 is 0 Å². The zero-order valence-corrected chi connectivity index (χ0v) is 14.8. The van der Waals surface area contributed by atoms with E-state index in [4.69, 9.17) is 4.74 Å². The van der Waals surface area contributed by atoms with E-state index in [1.165, 1.54) is 0 Å². The zero-order valence-electron chi connectivity index (χ0n) is 13.9. The van der Waals surface area contributed by atoms with Crippen molar-refractivity contribution in [3.63, 3.8) is 0 Å². The van der Waals surface area contributed by atoms with Crippen LogP contribution in [0, 0.1) is 20.8 Å². The first-order valence-electron chi connectivity index (χ1n) is 7.70. The van der Waals surface area contributed by atoms with Gasteiger partial charge in [0.25, 0.3) is 0 Å². The van der Waals surface area contributed by atoms with Crippen LogP contribution in [0.25, 0.3) is 0 Å². The molecule has 0 unspecified atom stereocenters. The smallest absolute Gasteiger partial charge is 0.342 e. The molecule has 0 bridgehead atoms. The lowest BCUT2D eigenvalue weighted by atomic mass is 10.2. The maximum atomic E-state index is 12.4. The minimum atomic E-state index is -0.352. The molecule has 3 rings (SSSR count). The predicted octanol–water partition coefficient (Wildman–Crippen LogP) is 3.67. The summed E-state index contributed by atoms with van der Waals surface area (Å²) in [6, 6.07) is 10.0. The quantitative estimate of drug-likeness (QED) is 0.665. The fourth-order valence-electron chi connectivity index (χ4n) is 2.59. The van der Waals surface area contributed by atoms with Gasteiger partial charge in [-0.25, -0.2) is 9.78 Å². The summed E-state index contributed by atoms with van der Waals surface area (Å²) >= 11 is 1.54. The molecule has 6 heteroatoms. The van der Waals surface area contributed by atoms with Crippen LogP contribution < -0.4 is 0 Å². The van der Waals surface area contributed by atoms with Crippen LogP contribution in [-0.2, 0) is 17.9 Å². The number of esters is 1. The van der Waals surface area contributed by atoms with E-state index in [2.05, 4.69) is 10.1 Å². The third-order valence-electron chi connectivity index (χ3n) is 3.78. The van der Waals surface area contributed by atoms with Gasteiger partial charge in [0, 0.05) is 5.38 Å². The van der Waals surface area contributed by atoms with Crippen molar-refractivity contribution < 1.29 is 9.53 Å². The molecule has 24 heavy (non-hydrogen) atoms. The summed E-state index contributed by atoms with van der Waals surface area (Å²) < 4.78 is 7.25. The molecule has 0 fully saturated rings. The average molecular weight is 341 g/mol. The van der Waals surface area contributed by atoms with Gasteiger partial charge in [0.2, 0.25) is 0 Å². The minimum absolute atomic E-state index is 0.186. The Kier molecular flexibility index (Phi) is 4.76. The predicted molar refractivity (Wildman–Crippen MR) is 93.2 cm³/mol. The number of carbonyl (C=O) groups is 1. The summed E-state index contributed by atoms with van der Waals surface area (Å²) in [5.41, 5.74) is 3.95. The number of nitrogens with zero attached hydrogens (tertiary/aromatic N) is 3. The number of rotatable bonds is 5. The topological polar surface area (TPSA) is 57.0 Å². The molecular formula is C18H19N3O2S. The summed E-state index contributed by atoms with van der Waals surface area (Å²) in [6.07, 6.45) is 0. The molecule has 0 radical (unpaired) electrons. The molecule has 0 spiro atoms. The highest BCUT2D eigenvalue weighted by Gasteiger charge is 2.20. The van der Waals surface area contributed by atoms with Gasteiger partial charge in [-0.2, -0.15) is 5.10 Å². The van der Waals surface area contributed by atoms with E-state index in [9.17, 15) is 4.79 Å². The van der Waals surface area contributed by atoms with E-state index in [0.717, 1.165) is 22.0 Å². The number of carbonyl (C=O) groups excluding carboxylic acids is 1. The first kappa shape index (κ1) is 16.4. The van der Waals surface area contributed by atoms with Crippen LogP contribution in [0.1, 0.15) is 38.0 Å². The van der Waals surface area contributed by atoms with Gasteiger partial charge < -0.3 is 4.74 Å². The van der Waals surface area contributed by atoms with Crippen molar-refractivity contribution >= 4 is 17.3 Å². The van der Waals surface area contributed by atoms with Crippen LogP contribution >= 0.6 is 11.3 Å². The second kappa shape index (κ2) is 6.97. The van der Waals surface area contributed by atoms with Gasteiger partial charge in [-0.1, -0.05) is 30.3 Å². The largest absolute Gasteiger partial charge is 0.455 e. The molecule has 0 amide bonds. The van der Waals surface area contributed by atoms with E-state index < -0.39 is 0 Å². The molecular weight excluding hydrogens is 322 g/mol. The second-order valence-electron chi connectivity index (χ2n) is 5.62. The van der Waals surface area contributed by atoms with Crippen molar-refractivity contribution in [1.82, 2.24) is 14.8 Å². The highest BCUT2D eigenvalue weighted by atomic mass is 32.1. The Morgan fingerprint density at radius 2 is 1.96 bits per heavy atom. The molecule has 0 atom stereocenters. The van der Waals surface area contributed by atoms with E-state index in [1.54, 1.807) is 11.3 Å². The molecule has 0 saturated heterocycles. The SMILES string of the molecule is Cc1nc(COC(=O)c2c(C)nn(Cc3ccccc3)c2C)cs1. The highest BCUT2D eigenvalue weighted by molar-refractivity contribution is 7.09. The summed E-state index contributed by atoms with van der Waals surface area (Å²) in [5.74, 6) is -0.352. The average Bonchev–Trinajstić information content (AvgIpc) is 3.10. The van der Waals surface area contributed by atoms with E-state index in [1.807, 2.05) is 61.2 Å². The third kappa shape index (κ3) is 3.54. The lowest BCUT2D eigenvalue weighted by Crippen LogP contribution is -2.09. The second-order valence-corrected chi connectivity index (χ2v) is 6.69. The molecule has 124 valence electrons. The Morgan fingerprint density at radius 1 is 1.21 bits per heavy atom. The number of thiazole rings is 1. The number of aromatic nitrogens is 3. The number of hydrogen-bond acceptors (Lipinski definition) is 5. The molecule has 0 aliphatic heterocycles. The Balaban J connectivity index is 1.74. The first-order chi connectivity index (χ1) is 11.5. The van der Waals surface area contributed by atoms with Gasteiger partial charge in [-0.3, -0.25) is 4.68 Å². The summed E-state index contributed by atoms with van der Waals surface area (Å²) in [7, 11) is 0. The molecule has 0 saturated carbocycles. The van der Waals surface area contributed by atoms with Crippen molar-refractivity contribution in [3.05, 3.63) is 68.9 Å². The van der Waals surface area contributed by atoms with Crippen LogP contribution in [0.3, 0.4) is 0 Å². The van der Waals surface area contributed by atoms with Gasteiger partial charge in [0.1, 0.15) is 12.2 Å². The van der Waals surface area contributed by atoms with Crippen LogP contribution in [-0.4, -0.2) is 20.7 Å². The van der Waals surface area contributed by atoms with Crippen molar-refractivity contribution in [1.29, 1.82) is 0 Å². The number of ether oxygens (including phenoxy) is 1. The fourth-order valence-corrected chi connectivity index (χ4v) is 3.19. The van der Waals surface area contributed by atoms with Crippen molar-refractivity contribution in [2.45, 2.75) is 33.9 Å². The Labute approximate surface area is 144 Å².